The third-order valence-corrected chi connectivity index (χ3v) is 5.55. The van der Waals surface area contributed by atoms with Gasteiger partial charge in [0.25, 0.3) is 5.91 Å². The average Bonchev–Trinajstić information content (AvgIpc) is 3.30. The van der Waals surface area contributed by atoms with Crippen LogP contribution in [-0.4, -0.2) is 43.0 Å². The minimum atomic E-state index is -0.0883. The van der Waals surface area contributed by atoms with Crippen molar-refractivity contribution in [3.05, 3.63) is 28.8 Å². The lowest BCUT2D eigenvalue weighted by Crippen LogP contribution is -2.27. The van der Waals surface area contributed by atoms with Gasteiger partial charge in [-0.3, -0.25) is 9.89 Å². The van der Waals surface area contributed by atoms with Gasteiger partial charge in [-0.1, -0.05) is 24.5 Å². The molecular formula is C18H26N6O. The topological polar surface area (TPSA) is 79.7 Å². The van der Waals surface area contributed by atoms with Crippen molar-refractivity contribution in [3.63, 3.8) is 0 Å². The molecule has 0 spiro atoms. The van der Waals surface area contributed by atoms with Crippen LogP contribution in [0.2, 0.25) is 0 Å². The van der Waals surface area contributed by atoms with Gasteiger partial charge in [-0.25, -0.2) is 4.68 Å². The van der Waals surface area contributed by atoms with E-state index in [0.29, 0.717) is 18.3 Å². The molecule has 2 heterocycles. The second-order valence-electron chi connectivity index (χ2n) is 7.37. The van der Waals surface area contributed by atoms with Gasteiger partial charge < -0.3 is 4.90 Å². The Morgan fingerprint density at radius 2 is 2.04 bits per heavy atom. The highest BCUT2D eigenvalue weighted by atomic mass is 16.2. The fourth-order valence-electron chi connectivity index (χ4n) is 4.07. The number of carbonyl (C=O) groups is 1. The SMILES string of the molecule is CN(Cc1n[nH]c2c1CCCC2)C(=O)c1cn(C2CCCCC2)nn1. The Morgan fingerprint density at radius 3 is 2.88 bits per heavy atom. The summed E-state index contributed by atoms with van der Waals surface area (Å²) >= 11 is 0. The fourth-order valence-corrected chi connectivity index (χ4v) is 4.07. The molecule has 0 radical (unpaired) electrons. The van der Waals surface area contributed by atoms with E-state index in [2.05, 4.69) is 20.5 Å². The predicted molar refractivity (Wildman–Crippen MR) is 93.2 cm³/mol. The van der Waals surface area contributed by atoms with Crippen molar-refractivity contribution >= 4 is 5.91 Å². The van der Waals surface area contributed by atoms with Gasteiger partial charge in [0, 0.05) is 12.7 Å². The number of aryl methyl sites for hydroxylation is 1. The van der Waals surface area contributed by atoms with Gasteiger partial charge in [0.15, 0.2) is 5.69 Å². The summed E-state index contributed by atoms with van der Waals surface area (Å²) in [6, 6.07) is 0.395. The van der Waals surface area contributed by atoms with Crippen LogP contribution in [0, 0.1) is 0 Å². The molecule has 134 valence electrons. The minimum Gasteiger partial charge on any atom is -0.334 e. The summed E-state index contributed by atoms with van der Waals surface area (Å²) in [5.41, 5.74) is 3.96. The van der Waals surface area contributed by atoms with Crippen LogP contribution in [0.15, 0.2) is 6.20 Å². The highest BCUT2D eigenvalue weighted by Gasteiger charge is 2.23. The molecule has 0 atom stereocenters. The highest BCUT2D eigenvalue weighted by molar-refractivity contribution is 5.91. The Labute approximate surface area is 147 Å². The highest BCUT2D eigenvalue weighted by Crippen LogP contribution is 2.27. The molecule has 2 aliphatic carbocycles. The standard InChI is InChI=1S/C18H26N6O/c1-23(11-16-14-9-5-6-10-15(14)19-20-16)18(25)17-12-24(22-21-17)13-7-3-2-4-8-13/h12-13H,2-11H2,1H3,(H,19,20). The number of hydrogen-bond donors (Lipinski definition) is 1. The molecule has 1 saturated carbocycles. The summed E-state index contributed by atoms with van der Waals surface area (Å²) in [7, 11) is 1.81. The molecule has 25 heavy (non-hydrogen) atoms. The van der Waals surface area contributed by atoms with Crippen LogP contribution in [0.3, 0.4) is 0 Å². The van der Waals surface area contributed by atoms with Crippen molar-refractivity contribution < 1.29 is 4.79 Å². The van der Waals surface area contributed by atoms with Gasteiger partial charge in [-0.2, -0.15) is 5.10 Å². The third-order valence-electron chi connectivity index (χ3n) is 5.55. The fraction of sp³-hybridized carbons (Fsp3) is 0.667. The first-order valence-corrected chi connectivity index (χ1v) is 9.44. The lowest BCUT2D eigenvalue weighted by molar-refractivity contribution is 0.0777. The van der Waals surface area contributed by atoms with E-state index in [1.807, 2.05) is 17.9 Å². The molecule has 1 fully saturated rings. The smallest absolute Gasteiger partial charge is 0.276 e. The summed E-state index contributed by atoms with van der Waals surface area (Å²) in [4.78, 5) is 14.4. The molecule has 2 aromatic heterocycles. The molecule has 1 N–H and O–H groups in total. The van der Waals surface area contributed by atoms with E-state index in [9.17, 15) is 4.79 Å². The zero-order valence-corrected chi connectivity index (χ0v) is 14.9. The molecule has 7 heteroatoms. The largest absolute Gasteiger partial charge is 0.334 e. The van der Waals surface area contributed by atoms with Crippen LogP contribution >= 0.6 is 0 Å². The monoisotopic (exact) mass is 342 g/mol. The summed E-state index contributed by atoms with van der Waals surface area (Å²) in [5.74, 6) is -0.0883. The molecule has 0 aromatic carbocycles. The first-order valence-electron chi connectivity index (χ1n) is 9.44. The van der Waals surface area contributed by atoms with Crippen molar-refractivity contribution in [1.29, 1.82) is 0 Å². The predicted octanol–water partition coefficient (Wildman–Crippen LogP) is 2.66. The van der Waals surface area contributed by atoms with Crippen LogP contribution in [-0.2, 0) is 19.4 Å². The zero-order valence-electron chi connectivity index (χ0n) is 14.9. The van der Waals surface area contributed by atoms with E-state index in [4.69, 9.17) is 0 Å². The molecule has 0 saturated heterocycles. The van der Waals surface area contributed by atoms with E-state index in [1.165, 1.54) is 43.4 Å². The van der Waals surface area contributed by atoms with Gasteiger partial charge in [-0.05, 0) is 44.1 Å². The average molecular weight is 342 g/mol. The third kappa shape index (κ3) is 3.32. The molecule has 1 amide bonds. The Hall–Kier alpha value is -2.18. The summed E-state index contributed by atoms with van der Waals surface area (Å²) in [6.07, 6.45) is 12.4. The quantitative estimate of drug-likeness (QED) is 0.926. The lowest BCUT2D eigenvalue weighted by Gasteiger charge is -2.21. The minimum absolute atomic E-state index is 0.0883. The van der Waals surface area contributed by atoms with Crippen molar-refractivity contribution in [2.24, 2.45) is 0 Å². The second-order valence-corrected chi connectivity index (χ2v) is 7.37. The van der Waals surface area contributed by atoms with Crippen LogP contribution < -0.4 is 0 Å². The molecule has 4 rings (SSSR count). The Morgan fingerprint density at radius 1 is 1.24 bits per heavy atom. The number of H-pyrrole nitrogens is 1. The number of hydrogen-bond acceptors (Lipinski definition) is 4. The van der Waals surface area contributed by atoms with Crippen molar-refractivity contribution in [2.45, 2.75) is 70.4 Å². The molecule has 7 nitrogen and oxygen atoms in total. The molecule has 2 aliphatic rings. The van der Waals surface area contributed by atoms with E-state index in [1.54, 1.807) is 4.90 Å². The zero-order chi connectivity index (χ0) is 17.2. The lowest BCUT2D eigenvalue weighted by atomic mass is 9.96. The number of nitrogens with one attached hydrogen (secondary N) is 1. The number of aromatic nitrogens is 5. The maximum Gasteiger partial charge on any atom is 0.276 e. The van der Waals surface area contributed by atoms with Gasteiger partial charge >= 0.3 is 0 Å². The Balaban J connectivity index is 1.43. The maximum absolute atomic E-state index is 12.7. The number of aromatic amines is 1. The summed E-state index contributed by atoms with van der Waals surface area (Å²) in [6.45, 7) is 0.515. The number of carbonyl (C=O) groups excluding carboxylic acids is 1. The number of fused-ring (bicyclic) bond motifs is 1. The second kappa shape index (κ2) is 6.98. The summed E-state index contributed by atoms with van der Waals surface area (Å²) in [5, 5.41) is 15.9. The molecular weight excluding hydrogens is 316 g/mol. The molecule has 0 unspecified atom stereocenters. The Kier molecular flexibility index (Phi) is 4.55. The maximum atomic E-state index is 12.7. The molecule has 0 aliphatic heterocycles. The van der Waals surface area contributed by atoms with Crippen LogP contribution in [0.1, 0.15) is 78.4 Å². The number of nitrogens with zero attached hydrogens (tertiary/aromatic N) is 5. The van der Waals surface area contributed by atoms with Crippen LogP contribution in [0.5, 0.6) is 0 Å². The van der Waals surface area contributed by atoms with Crippen LogP contribution in [0.25, 0.3) is 0 Å². The van der Waals surface area contributed by atoms with Gasteiger partial charge in [-0.15, -0.1) is 5.10 Å². The molecule has 0 bridgehead atoms. The van der Waals surface area contributed by atoms with Crippen molar-refractivity contribution in [2.75, 3.05) is 7.05 Å². The van der Waals surface area contributed by atoms with Gasteiger partial charge in [0.05, 0.1) is 24.5 Å². The van der Waals surface area contributed by atoms with Gasteiger partial charge in [0.2, 0.25) is 0 Å². The van der Waals surface area contributed by atoms with E-state index >= 15 is 0 Å². The first-order chi connectivity index (χ1) is 12.2. The molecule has 2 aromatic rings. The van der Waals surface area contributed by atoms with Crippen molar-refractivity contribution in [1.82, 2.24) is 30.1 Å². The van der Waals surface area contributed by atoms with E-state index < -0.39 is 0 Å². The van der Waals surface area contributed by atoms with Crippen LogP contribution in [0.4, 0.5) is 0 Å². The number of rotatable bonds is 4. The van der Waals surface area contributed by atoms with E-state index in [-0.39, 0.29) is 5.91 Å². The summed E-state index contributed by atoms with van der Waals surface area (Å²) < 4.78 is 1.89. The van der Waals surface area contributed by atoms with Crippen molar-refractivity contribution in [3.8, 4) is 0 Å². The normalized spacial score (nSPS) is 18.1. The number of amides is 1. The van der Waals surface area contributed by atoms with E-state index in [0.717, 1.165) is 31.4 Å². The first kappa shape index (κ1) is 16.3. The Bertz CT molecular complexity index is 743. The van der Waals surface area contributed by atoms with Gasteiger partial charge in [0.1, 0.15) is 0 Å².